The lowest BCUT2D eigenvalue weighted by Crippen LogP contribution is -2.28. The number of carbonyl (C=O) groups is 1. The first-order chi connectivity index (χ1) is 7.27. The van der Waals surface area contributed by atoms with Crippen molar-refractivity contribution >= 4 is 5.97 Å². The van der Waals surface area contributed by atoms with Crippen molar-refractivity contribution in [3.8, 4) is 0 Å². The molecule has 0 N–H and O–H groups in total. The summed E-state index contributed by atoms with van der Waals surface area (Å²) >= 11 is 0. The highest BCUT2D eigenvalue weighted by atomic mass is 16.5. The fourth-order valence-electron chi connectivity index (χ4n) is 2.45. The van der Waals surface area contributed by atoms with E-state index in [2.05, 4.69) is 6.92 Å². The van der Waals surface area contributed by atoms with E-state index in [1.807, 2.05) is 6.92 Å². The van der Waals surface area contributed by atoms with E-state index in [1.54, 1.807) is 0 Å². The van der Waals surface area contributed by atoms with E-state index in [1.165, 1.54) is 32.1 Å². The van der Waals surface area contributed by atoms with Crippen LogP contribution in [-0.2, 0) is 9.53 Å². The molecule has 0 aromatic heterocycles. The monoisotopic (exact) mass is 228 g/mol. The highest BCUT2D eigenvalue weighted by Gasteiger charge is 2.24. The summed E-state index contributed by atoms with van der Waals surface area (Å²) in [5, 5.41) is 0. The summed E-state index contributed by atoms with van der Waals surface area (Å²) in [6, 6.07) is 0. The molecule has 1 rings (SSSR count). The molecular weight excluding hydrogens is 200 g/mol. The Labute approximate surface area is 101 Å². The van der Waals surface area contributed by atoms with Gasteiger partial charge in [-0.05, 0) is 31.6 Å². The van der Waals surface area contributed by atoms with Gasteiger partial charge in [-0.1, -0.05) is 40.5 Å². The summed E-state index contributed by atoms with van der Waals surface area (Å²) in [5.41, 5.74) is 0. The smallest absolute Gasteiger partial charge is 0.306 e. The zero-order chi connectivity index (χ0) is 11.1. The zero-order valence-electron chi connectivity index (χ0n) is 10.1. The summed E-state index contributed by atoms with van der Waals surface area (Å²) < 4.78 is 5.54. The minimum absolute atomic E-state index is 0. The van der Waals surface area contributed by atoms with E-state index < -0.39 is 0 Å². The maximum Gasteiger partial charge on any atom is 0.306 e. The molecule has 16 heavy (non-hydrogen) atoms. The topological polar surface area (TPSA) is 26.3 Å². The minimum Gasteiger partial charge on any atom is -0.462 e. The van der Waals surface area contributed by atoms with Gasteiger partial charge in [-0.25, -0.2) is 0 Å². The summed E-state index contributed by atoms with van der Waals surface area (Å²) in [6.45, 7) is 4.14. The van der Waals surface area contributed by atoms with Crippen molar-refractivity contribution in [1.29, 1.82) is 0 Å². The normalized spacial score (nSPS) is 18.6. The van der Waals surface area contributed by atoms with Crippen LogP contribution in [0.5, 0.6) is 0 Å². The second-order valence-electron chi connectivity index (χ2n) is 4.58. The van der Waals surface area contributed by atoms with Crippen molar-refractivity contribution < 1.29 is 9.53 Å². The minimum atomic E-state index is -0.00470. The molecule has 1 aliphatic rings. The highest BCUT2D eigenvalue weighted by Crippen LogP contribution is 2.29. The van der Waals surface area contributed by atoms with Gasteiger partial charge in [0.1, 0.15) is 6.10 Å². The Morgan fingerprint density at radius 3 is 2.38 bits per heavy atom. The Morgan fingerprint density at radius 1 is 1.25 bits per heavy atom. The fraction of sp³-hybridized carbons (Fsp3) is 0.929. The lowest BCUT2D eigenvalue weighted by Gasteiger charge is -2.29. The first kappa shape index (κ1) is 15.5. The van der Waals surface area contributed by atoms with Crippen LogP contribution in [0.4, 0.5) is 0 Å². The van der Waals surface area contributed by atoms with Crippen LogP contribution in [0.1, 0.15) is 72.6 Å². The van der Waals surface area contributed by atoms with Crippen LogP contribution in [0.2, 0.25) is 0 Å². The average molecular weight is 228 g/mol. The van der Waals surface area contributed by atoms with E-state index in [0.717, 1.165) is 12.8 Å². The quantitative estimate of drug-likeness (QED) is 0.655. The summed E-state index contributed by atoms with van der Waals surface area (Å²) in [4.78, 5) is 11.4. The third-order valence-corrected chi connectivity index (χ3v) is 3.31. The number of carbonyl (C=O) groups excluding carboxylic acids is 1. The number of hydrogen-bond acceptors (Lipinski definition) is 2. The van der Waals surface area contributed by atoms with Crippen LogP contribution in [0.15, 0.2) is 0 Å². The van der Waals surface area contributed by atoms with Gasteiger partial charge in [-0.3, -0.25) is 4.79 Å². The second kappa shape index (κ2) is 8.60. The number of esters is 1. The molecule has 0 spiro atoms. The van der Waals surface area contributed by atoms with E-state index in [4.69, 9.17) is 4.74 Å². The standard InChI is InChI=1S/C13H24O2.CH4/c1-3-8-13(14)15-12(4-2)11-9-6-5-7-10-11;/h11-12H,3-10H2,1-2H3;1H4. The van der Waals surface area contributed by atoms with Gasteiger partial charge in [0.25, 0.3) is 0 Å². The van der Waals surface area contributed by atoms with E-state index in [0.29, 0.717) is 12.3 Å². The molecule has 0 heterocycles. The maximum absolute atomic E-state index is 11.4. The van der Waals surface area contributed by atoms with E-state index >= 15 is 0 Å². The summed E-state index contributed by atoms with van der Waals surface area (Å²) in [5.74, 6) is 0.625. The van der Waals surface area contributed by atoms with Crippen LogP contribution in [0, 0.1) is 5.92 Å². The van der Waals surface area contributed by atoms with Gasteiger partial charge in [-0.15, -0.1) is 0 Å². The van der Waals surface area contributed by atoms with Crippen LogP contribution in [0.3, 0.4) is 0 Å². The van der Waals surface area contributed by atoms with Crippen LogP contribution in [-0.4, -0.2) is 12.1 Å². The molecule has 0 saturated heterocycles. The molecule has 0 aromatic rings. The zero-order valence-corrected chi connectivity index (χ0v) is 10.1. The molecule has 0 radical (unpaired) electrons. The van der Waals surface area contributed by atoms with Crippen molar-refractivity contribution in [2.45, 2.75) is 78.7 Å². The average Bonchev–Trinajstić information content (AvgIpc) is 2.27. The number of ether oxygens (including phenoxy) is 1. The molecule has 1 aliphatic carbocycles. The first-order valence-corrected chi connectivity index (χ1v) is 6.47. The van der Waals surface area contributed by atoms with Crippen LogP contribution < -0.4 is 0 Å². The van der Waals surface area contributed by atoms with Gasteiger partial charge < -0.3 is 4.74 Å². The van der Waals surface area contributed by atoms with Gasteiger partial charge >= 0.3 is 5.97 Å². The largest absolute Gasteiger partial charge is 0.462 e. The van der Waals surface area contributed by atoms with Crippen molar-refractivity contribution in [1.82, 2.24) is 0 Å². The van der Waals surface area contributed by atoms with Crippen molar-refractivity contribution in [3.05, 3.63) is 0 Å². The third-order valence-electron chi connectivity index (χ3n) is 3.31. The molecule has 0 aliphatic heterocycles. The highest BCUT2D eigenvalue weighted by molar-refractivity contribution is 5.69. The van der Waals surface area contributed by atoms with Crippen molar-refractivity contribution in [3.63, 3.8) is 0 Å². The molecule has 96 valence electrons. The van der Waals surface area contributed by atoms with Gasteiger partial charge in [0.15, 0.2) is 0 Å². The fourth-order valence-corrected chi connectivity index (χ4v) is 2.45. The Balaban J connectivity index is 0.00000225. The van der Waals surface area contributed by atoms with Crippen LogP contribution in [0.25, 0.3) is 0 Å². The van der Waals surface area contributed by atoms with Crippen LogP contribution >= 0.6 is 0 Å². The molecule has 1 atom stereocenters. The Kier molecular flexibility index (Phi) is 8.32. The molecule has 2 nitrogen and oxygen atoms in total. The molecule has 0 bridgehead atoms. The molecule has 0 amide bonds. The Hall–Kier alpha value is -0.530. The molecular formula is C14H28O2. The molecule has 1 unspecified atom stereocenters. The predicted molar refractivity (Wildman–Crippen MR) is 68.4 cm³/mol. The number of hydrogen-bond donors (Lipinski definition) is 0. The van der Waals surface area contributed by atoms with E-state index in [-0.39, 0.29) is 19.5 Å². The Bertz CT molecular complexity index is 183. The first-order valence-electron chi connectivity index (χ1n) is 6.47. The maximum atomic E-state index is 11.4. The summed E-state index contributed by atoms with van der Waals surface area (Å²) in [7, 11) is 0. The Morgan fingerprint density at radius 2 is 1.88 bits per heavy atom. The summed E-state index contributed by atoms with van der Waals surface area (Å²) in [6.07, 6.45) is 9.10. The molecule has 0 aromatic carbocycles. The lowest BCUT2D eigenvalue weighted by atomic mass is 9.84. The van der Waals surface area contributed by atoms with Gasteiger partial charge in [0.2, 0.25) is 0 Å². The second-order valence-corrected chi connectivity index (χ2v) is 4.58. The van der Waals surface area contributed by atoms with E-state index in [9.17, 15) is 4.79 Å². The van der Waals surface area contributed by atoms with Gasteiger partial charge in [0.05, 0.1) is 0 Å². The molecule has 1 fully saturated rings. The molecule has 2 heteroatoms. The predicted octanol–water partition coefficient (Wildman–Crippen LogP) is 4.32. The SMILES string of the molecule is C.CCCC(=O)OC(CC)C1CCCCC1. The third kappa shape index (κ3) is 5.00. The van der Waals surface area contributed by atoms with Gasteiger partial charge in [0, 0.05) is 6.42 Å². The molecule has 1 saturated carbocycles. The lowest BCUT2D eigenvalue weighted by molar-refractivity contribution is -0.152. The number of rotatable bonds is 5. The van der Waals surface area contributed by atoms with Gasteiger partial charge in [-0.2, -0.15) is 0 Å². The van der Waals surface area contributed by atoms with Crippen molar-refractivity contribution in [2.24, 2.45) is 5.92 Å². The van der Waals surface area contributed by atoms with Crippen molar-refractivity contribution in [2.75, 3.05) is 0 Å².